The zero-order valence-corrected chi connectivity index (χ0v) is 18.0. The van der Waals surface area contributed by atoms with Crippen LogP contribution in [0.3, 0.4) is 0 Å². The van der Waals surface area contributed by atoms with Crippen LogP contribution in [-0.2, 0) is 11.2 Å². The molecule has 2 amide bonds. The number of amides is 2. The Kier molecular flexibility index (Phi) is 8.75. The van der Waals surface area contributed by atoms with Crippen LogP contribution < -0.4 is 10.6 Å². The number of thioether (sulfide) groups is 1. The Morgan fingerprint density at radius 1 is 0.967 bits per heavy atom. The van der Waals surface area contributed by atoms with Gasteiger partial charge in [0.25, 0.3) is 5.91 Å². The molecule has 1 aliphatic rings. The molecule has 0 aromatic heterocycles. The minimum absolute atomic E-state index is 0.0112. The van der Waals surface area contributed by atoms with Crippen molar-refractivity contribution in [2.45, 2.75) is 43.4 Å². The van der Waals surface area contributed by atoms with Crippen LogP contribution in [0.15, 0.2) is 53.4 Å². The maximum atomic E-state index is 13.0. The predicted octanol–water partition coefficient (Wildman–Crippen LogP) is 4.59. The number of carbonyl (C=O) groups excluding carboxylic acids is 2. The lowest BCUT2D eigenvalue weighted by atomic mass is 9.89. The first-order valence-electron chi connectivity index (χ1n) is 10.6. The van der Waals surface area contributed by atoms with Crippen molar-refractivity contribution >= 4 is 23.6 Å². The quantitative estimate of drug-likeness (QED) is 0.575. The molecule has 0 aliphatic heterocycles. The summed E-state index contributed by atoms with van der Waals surface area (Å²) in [5, 5.41) is 5.95. The molecule has 1 saturated carbocycles. The van der Waals surface area contributed by atoms with Crippen LogP contribution in [-0.4, -0.2) is 30.7 Å². The van der Waals surface area contributed by atoms with Gasteiger partial charge in [-0.3, -0.25) is 9.59 Å². The Labute approximate surface area is 182 Å². The molecule has 3 rings (SSSR count). The molecule has 0 heterocycles. The smallest absolute Gasteiger partial charge is 0.252 e. The first kappa shape index (κ1) is 22.3. The van der Waals surface area contributed by atoms with Crippen LogP contribution in [0.25, 0.3) is 0 Å². The number of nitrogens with one attached hydrogen (secondary N) is 2. The van der Waals surface area contributed by atoms with Crippen molar-refractivity contribution in [3.05, 3.63) is 65.5 Å². The molecule has 160 valence electrons. The van der Waals surface area contributed by atoms with Crippen LogP contribution in [0.4, 0.5) is 4.39 Å². The van der Waals surface area contributed by atoms with Crippen LogP contribution in [0, 0.1) is 11.7 Å². The van der Waals surface area contributed by atoms with Crippen molar-refractivity contribution in [3.63, 3.8) is 0 Å². The highest BCUT2D eigenvalue weighted by atomic mass is 32.2. The van der Waals surface area contributed by atoms with Crippen molar-refractivity contribution in [2.24, 2.45) is 5.92 Å². The largest absolute Gasteiger partial charge is 0.355 e. The number of halogens is 1. The van der Waals surface area contributed by atoms with Gasteiger partial charge in [0.15, 0.2) is 0 Å². The fraction of sp³-hybridized carbons (Fsp3) is 0.417. The average Bonchev–Trinajstić information content (AvgIpc) is 2.78. The normalized spacial score (nSPS) is 14.3. The van der Waals surface area contributed by atoms with E-state index < -0.39 is 0 Å². The van der Waals surface area contributed by atoms with Gasteiger partial charge in [-0.25, -0.2) is 4.39 Å². The van der Waals surface area contributed by atoms with Crippen molar-refractivity contribution in [3.8, 4) is 0 Å². The number of hydrogen-bond donors (Lipinski definition) is 2. The highest BCUT2D eigenvalue weighted by Gasteiger charge is 2.15. The Bertz CT molecular complexity index is 835. The summed E-state index contributed by atoms with van der Waals surface area (Å²) < 4.78 is 13.0. The van der Waals surface area contributed by atoms with Gasteiger partial charge in [-0.15, -0.1) is 11.8 Å². The maximum absolute atomic E-state index is 13.0. The molecule has 1 aliphatic carbocycles. The first-order chi connectivity index (χ1) is 14.6. The molecule has 0 saturated heterocycles. The Balaban J connectivity index is 1.45. The van der Waals surface area contributed by atoms with Gasteiger partial charge in [-0.2, -0.15) is 0 Å². The SMILES string of the molecule is O=C(CSc1ccccc1C(=O)NCCc1ccc(F)cc1)NCC1CCCCC1. The summed E-state index contributed by atoms with van der Waals surface area (Å²) in [5.74, 6) is 0.482. The summed E-state index contributed by atoms with van der Waals surface area (Å²) in [6, 6.07) is 13.6. The standard InChI is InChI=1S/C24H29FN2O2S/c25-20-12-10-18(11-13-20)14-15-26-24(29)21-8-4-5-9-22(21)30-17-23(28)27-16-19-6-2-1-3-7-19/h4-5,8-13,19H,1-3,6-7,14-17H2,(H,26,29)(H,27,28). The summed E-state index contributed by atoms with van der Waals surface area (Å²) in [7, 11) is 0. The molecule has 0 bridgehead atoms. The Hall–Kier alpha value is -2.34. The van der Waals surface area contributed by atoms with E-state index in [9.17, 15) is 14.0 Å². The summed E-state index contributed by atoms with van der Waals surface area (Å²) in [4.78, 5) is 25.6. The molecular formula is C24H29FN2O2S. The van der Waals surface area contributed by atoms with Gasteiger partial charge in [0.2, 0.25) is 5.91 Å². The lowest BCUT2D eigenvalue weighted by molar-refractivity contribution is -0.118. The van der Waals surface area contributed by atoms with Crippen molar-refractivity contribution in [2.75, 3.05) is 18.8 Å². The Morgan fingerprint density at radius 3 is 2.47 bits per heavy atom. The predicted molar refractivity (Wildman–Crippen MR) is 119 cm³/mol. The van der Waals surface area contributed by atoms with Gasteiger partial charge in [0.1, 0.15) is 5.82 Å². The lowest BCUT2D eigenvalue weighted by Crippen LogP contribution is -2.31. The van der Waals surface area contributed by atoms with E-state index in [2.05, 4.69) is 10.6 Å². The van der Waals surface area contributed by atoms with Gasteiger partial charge < -0.3 is 10.6 Å². The average molecular weight is 429 g/mol. The maximum Gasteiger partial charge on any atom is 0.252 e. The summed E-state index contributed by atoms with van der Waals surface area (Å²) in [5.41, 5.74) is 1.54. The van der Waals surface area contributed by atoms with E-state index in [0.29, 0.717) is 30.2 Å². The van der Waals surface area contributed by atoms with Gasteiger partial charge in [-0.05, 0) is 55.0 Å². The molecule has 0 unspecified atom stereocenters. The number of carbonyl (C=O) groups is 2. The van der Waals surface area contributed by atoms with E-state index in [1.807, 2.05) is 18.2 Å². The van der Waals surface area contributed by atoms with E-state index >= 15 is 0 Å². The first-order valence-corrected chi connectivity index (χ1v) is 11.6. The van der Waals surface area contributed by atoms with E-state index in [1.165, 1.54) is 56.0 Å². The molecule has 4 nitrogen and oxygen atoms in total. The molecule has 0 spiro atoms. The van der Waals surface area contributed by atoms with Gasteiger partial charge in [0.05, 0.1) is 11.3 Å². The molecule has 6 heteroatoms. The van der Waals surface area contributed by atoms with Crippen LogP contribution in [0.5, 0.6) is 0 Å². The second-order valence-corrected chi connectivity index (χ2v) is 8.74. The fourth-order valence-electron chi connectivity index (χ4n) is 3.69. The van der Waals surface area contributed by atoms with Crippen molar-refractivity contribution in [1.29, 1.82) is 0 Å². The molecule has 2 N–H and O–H groups in total. The molecular weight excluding hydrogens is 399 g/mol. The van der Waals surface area contributed by atoms with Gasteiger partial charge in [0, 0.05) is 18.0 Å². The highest BCUT2D eigenvalue weighted by molar-refractivity contribution is 8.00. The second-order valence-electron chi connectivity index (χ2n) is 7.73. The Morgan fingerprint density at radius 2 is 1.70 bits per heavy atom. The van der Waals surface area contributed by atoms with Crippen molar-refractivity contribution < 1.29 is 14.0 Å². The minimum Gasteiger partial charge on any atom is -0.355 e. The van der Waals surface area contributed by atoms with E-state index in [-0.39, 0.29) is 17.6 Å². The molecule has 1 fully saturated rings. The zero-order valence-electron chi connectivity index (χ0n) is 17.2. The molecule has 2 aromatic carbocycles. The molecule has 2 aromatic rings. The van der Waals surface area contributed by atoms with Crippen LogP contribution >= 0.6 is 11.8 Å². The highest BCUT2D eigenvalue weighted by Crippen LogP contribution is 2.24. The van der Waals surface area contributed by atoms with Gasteiger partial charge in [-0.1, -0.05) is 43.5 Å². The fourth-order valence-corrected chi connectivity index (χ4v) is 4.57. The number of benzene rings is 2. The summed E-state index contributed by atoms with van der Waals surface area (Å²) >= 11 is 1.39. The number of hydrogen-bond acceptors (Lipinski definition) is 3. The number of rotatable bonds is 9. The molecule has 0 atom stereocenters. The van der Waals surface area contributed by atoms with Crippen LogP contribution in [0.2, 0.25) is 0 Å². The van der Waals surface area contributed by atoms with E-state index in [0.717, 1.165) is 17.0 Å². The van der Waals surface area contributed by atoms with Gasteiger partial charge >= 0.3 is 0 Å². The van der Waals surface area contributed by atoms with Crippen molar-refractivity contribution in [1.82, 2.24) is 10.6 Å². The topological polar surface area (TPSA) is 58.2 Å². The second kappa shape index (κ2) is 11.7. The third-order valence-electron chi connectivity index (χ3n) is 5.42. The molecule has 30 heavy (non-hydrogen) atoms. The third kappa shape index (κ3) is 7.17. The molecule has 0 radical (unpaired) electrons. The van der Waals surface area contributed by atoms with E-state index in [1.54, 1.807) is 18.2 Å². The van der Waals surface area contributed by atoms with Crippen LogP contribution in [0.1, 0.15) is 48.0 Å². The summed E-state index contributed by atoms with van der Waals surface area (Å²) in [6.45, 7) is 1.22. The lowest BCUT2D eigenvalue weighted by Gasteiger charge is -2.21. The minimum atomic E-state index is -0.267. The summed E-state index contributed by atoms with van der Waals surface area (Å²) in [6.07, 6.45) is 6.87. The third-order valence-corrected chi connectivity index (χ3v) is 6.49. The zero-order chi connectivity index (χ0) is 21.2. The van der Waals surface area contributed by atoms with E-state index in [4.69, 9.17) is 0 Å². The monoisotopic (exact) mass is 428 g/mol.